The second-order valence-electron chi connectivity index (χ2n) is 3.51. The smallest absolute Gasteiger partial charge is 0.343 e. The molecule has 0 unspecified atom stereocenters. The van der Waals surface area contributed by atoms with Crippen LogP contribution in [0.4, 0.5) is 13.2 Å². The van der Waals surface area contributed by atoms with Crippen molar-refractivity contribution >= 4 is 11.0 Å². The van der Waals surface area contributed by atoms with Crippen LogP contribution in [0.5, 0.6) is 0 Å². The van der Waals surface area contributed by atoms with E-state index in [2.05, 4.69) is 9.97 Å². The number of hydrogen-bond acceptors (Lipinski definition) is 2. The van der Waals surface area contributed by atoms with E-state index in [0.717, 1.165) is 7.05 Å². The summed E-state index contributed by atoms with van der Waals surface area (Å²) in [4.78, 5) is 17.6. The molecule has 2 aromatic rings. The van der Waals surface area contributed by atoms with E-state index in [4.69, 9.17) is 0 Å². The van der Waals surface area contributed by atoms with Crippen molar-refractivity contribution in [3.05, 3.63) is 27.9 Å². The number of nitrogens with one attached hydrogen (secondary N) is 1. The number of rotatable bonds is 0. The number of nitrogens with zero attached hydrogens (tertiary/aromatic N) is 2. The van der Waals surface area contributed by atoms with Crippen LogP contribution in [0.15, 0.2) is 10.9 Å². The molecule has 0 aliphatic carbocycles. The predicted molar refractivity (Wildman–Crippen MR) is 51.1 cm³/mol. The first-order valence-corrected chi connectivity index (χ1v) is 4.44. The van der Waals surface area contributed by atoms with Gasteiger partial charge < -0.3 is 4.98 Å². The Morgan fingerprint density at radius 2 is 2.06 bits per heavy atom. The Morgan fingerprint density at radius 1 is 1.44 bits per heavy atom. The molecule has 0 spiro atoms. The standard InChI is InChI=1S/C9H8F3N3O/c1-4-3-5-6(13-4)14-8(9(10,11)12)15(2)7(5)16/h3,13H,1-2H3. The molecule has 0 fully saturated rings. The monoisotopic (exact) mass is 231 g/mol. The van der Waals surface area contributed by atoms with E-state index < -0.39 is 17.6 Å². The van der Waals surface area contributed by atoms with E-state index in [0.29, 0.717) is 10.3 Å². The number of aromatic amines is 1. The maximum Gasteiger partial charge on any atom is 0.449 e. The molecule has 0 radical (unpaired) electrons. The Morgan fingerprint density at radius 3 is 2.62 bits per heavy atom. The van der Waals surface area contributed by atoms with Crippen molar-refractivity contribution in [2.45, 2.75) is 13.1 Å². The SMILES string of the molecule is Cc1cc2c(=O)n(C)c(C(F)(F)F)nc2[nH]1. The summed E-state index contributed by atoms with van der Waals surface area (Å²) < 4.78 is 38.1. The third kappa shape index (κ3) is 1.48. The summed E-state index contributed by atoms with van der Waals surface area (Å²) in [6.45, 7) is 1.65. The molecule has 0 saturated heterocycles. The van der Waals surface area contributed by atoms with Crippen LogP contribution in [0.1, 0.15) is 11.5 Å². The first-order chi connectivity index (χ1) is 7.30. The van der Waals surface area contributed by atoms with Crippen molar-refractivity contribution in [2.24, 2.45) is 7.05 Å². The second-order valence-corrected chi connectivity index (χ2v) is 3.51. The van der Waals surface area contributed by atoms with Crippen molar-refractivity contribution in [3.63, 3.8) is 0 Å². The summed E-state index contributed by atoms with van der Waals surface area (Å²) in [5.74, 6) is -1.20. The van der Waals surface area contributed by atoms with Crippen molar-refractivity contribution < 1.29 is 13.2 Å². The van der Waals surface area contributed by atoms with Crippen LogP contribution in [0.25, 0.3) is 11.0 Å². The van der Waals surface area contributed by atoms with E-state index in [-0.39, 0.29) is 11.0 Å². The van der Waals surface area contributed by atoms with Gasteiger partial charge in [-0.15, -0.1) is 0 Å². The highest BCUT2D eigenvalue weighted by Gasteiger charge is 2.36. The van der Waals surface area contributed by atoms with Gasteiger partial charge in [-0.25, -0.2) is 4.98 Å². The van der Waals surface area contributed by atoms with Gasteiger partial charge in [0.05, 0.1) is 5.39 Å². The third-order valence-electron chi connectivity index (χ3n) is 2.26. The number of fused-ring (bicyclic) bond motifs is 1. The van der Waals surface area contributed by atoms with E-state index in [1.807, 2.05) is 0 Å². The minimum Gasteiger partial charge on any atom is -0.343 e. The zero-order chi connectivity index (χ0) is 12.1. The molecule has 0 amide bonds. The van der Waals surface area contributed by atoms with Gasteiger partial charge in [0.1, 0.15) is 5.65 Å². The lowest BCUT2D eigenvalue weighted by atomic mass is 10.3. The summed E-state index contributed by atoms with van der Waals surface area (Å²) >= 11 is 0. The second kappa shape index (κ2) is 3.10. The van der Waals surface area contributed by atoms with Crippen LogP contribution in [-0.2, 0) is 13.2 Å². The molecule has 0 atom stereocenters. The number of hydrogen-bond donors (Lipinski definition) is 1. The molecule has 0 saturated carbocycles. The maximum absolute atomic E-state index is 12.5. The van der Waals surface area contributed by atoms with Gasteiger partial charge in [-0.3, -0.25) is 9.36 Å². The zero-order valence-corrected chi connectivity index (χ0v) is 8.51. The molecule has 0 aliphatic rings. The average molecular weight is 231 g/mol. The molecule has 16 heavy (non-hydrogen) atoms. The molecule has 0 aromatic carbocycles. The van der Waals surface area contributed by atoms with Gasteiger partial charge in [0.15, 0.2) is 0 Å². The van der Waals surface area contributed by atoms with Crippen molar-refractivity contribution in [3.8, 4) is 0 Å². The Labute approximate surface area is 87.7 Å². The Balaban J connectivity index is 2.89. The first kappa shape index (κ1) is 10.7. The molecule has 86 valence electrons. The summed E-state index contributed by atoms with van der Waals surface area (Å²) in [6, 6.07) is 1.48. The Hall–Kier alpha value is -1.79. The number of H-pyrrole nitrogens is 1. The van der Waals surface area contributed by atoms with E-state index in [9.17, 15) is 18.0 Å². The number of aromatic nitrogens is 3. The molecule has 0 aliphatic heterocycles. The number of aryl methyl sites for hydroxylation is 1. The summed E-state index contributed by atoms with van der Waals surface area (Å²) in [5, 5.41) is 0.160. The van der Waals surface area contributed by atoms with Crippen molar-refractivity contribution in [1.82, 2.24) is 14.5 Å². The van der Waals surface area contributed by atoms with Crippen molar-refractivity contribution in [2.75, 3.05) is 0 Å². The summed E-state index contributed by atoms with van der Waals surface area (Å²) in [7, 11) is 1.06. The molecular weight excluding hydrogens is 223 g/mol. The Bertz CT molecular complexity index is 609. The molecule has 7 heteroatoms. The Kier molecular flexibility index (Phi) is 2.08. The van der Waals surface area contributed by atoms with Crippen LogP contribution < -0.4 is 5.56 Å². The predicted octanol–water partition coefficient (Wildman–Crippen LogP) is 1.59. The van der Waals surface area contributed by atoms with E-state index >= 15 is 0 Å². The molecular formula is C9H8F3N3O. The molecule has 1 N–H and O–H groups in total. The fourth-order valence-corrected chi connectivity index (χ4v) is 1.54. The molecule has 2 rings (SSSR count). The molecule has 4 nitrogen and oxygen atoms in total. The lowest BCUT2D eigenvalue weighted by Gasteiger charge is -2.09. The number of halogens is 3. The van der Waals surface area contributed by atoms with Crippen LogP contribution >= 0.6 is 0 Å². The van der Waals surface area contributed by atoms with E-state index in [1.54, 1.807) is 6.92 Å². The van der Waals surface area contributed by atoms with Gasteiger partial charge in [-0.1, -0.05) is 0 Å². The third-order valence-corrected chi connectivity index (χ3v) is 2.26. The van der Waals surface area contributed by atoms with Gasteiger partial charge in [-0.2, -0.15) is 13.2 Å². The summed E-state index contributed by atoms with van der Waals surface area (Å²) in [6.07, 6.45) is -4.64. The van der Waals surface area contributed by atoms with Gasteiger partial charge >= 0.3 is 6.18 Å². The lowest BCUT2D eigenvalue weighted by Crippen LogP contribution is -2.27. The van der Waals surface area contributed by atoms with Gasteiger partial charge in [0.2, 0.25) is 5.82 Å². The highest BCUT2D eigenvalue weighted by atomic mass is 19.4. The van der Waals surface area contributed by atoms with Crippen LogP contribution in [0.3, 0.4) is 0 Å². The van der Waals surface area contributed by atoms with E-state index in [1.165, 1.54) is 6.07 Å². The van der Waals surface area contributed by atoms with Crippen LogP contribution in [-0.4, -0.2) is 14.5 Å². The minimum absolute atomic E-state index is 0.0343. The fraction of sp³-hybridized carbons (Fsp3) is 0.333. The zero-order valence-electron chi connectivity index (χ0n) is 8.51. The normalized spacial score (nSPS) is 12.3. The molecule has 2 heterocycles. The van der Waals surface area contributed by atoms with Crippen molar-refractivity contribution in [1.29, 1.82) is 0 Å². The van der Waals surface area contributed by atoms with Gasteiger partial charge in [0, 0.05) is 12.7 Å². The largest absolute Gasteiger partial charge is 0.449 e. The lowest BCUT2D eigenvalue weighted by molar-refractivity contribution is -0.147. The van der Waals surface area contributed by atoms with Crippen LogP contribution in [0.2, 0.25) is 0 Å². The van der Waals surface area contributed by atoms with Crippen LogP contribution in [0, 0.1) is 6.92 Å². The first-order valence-electron chi connectivity index (χ1n) is 4.44. The molecule has 0 bridgehead atoms. The van der Waals surface area contributed by atoms with Gasteiger partial charge in [-0.05, 0) is 13.0 Å². The fourth-order valence-electron chi connectivity index (χ4n) is 1.54. The average Bonchev–Trinajstić information content (AvgIpc) is 2.51. The molecule has 2 aromatic heterocycles. The summed E-state index contributed by atoms with van der Waals surface area (Å²) in [5.41, 5.74) is -0.145. The quantitative estimate of drug-likeness (QED) is 0.748. The number of alkyl halides is 3. The minimum atomic E-state index is -4.64. The topological polar surface area (TPSA) is 50.7 Å². The highest BCUT2D eigenvalue weighted by Crippen LogP contribution is 2.27. The maximum atomic E-state index is 12.5. The van der Waals surface area contributed by atoms with Gasteiger partial charge in [0.25, 0.3) is 5.56 Å². The highest BCUT2D eigenvalue weighted by molar-refractivity contribution is 5.75.